The van der Waals surface area contributed by atoms with Crippen molar-refractivity contribution in [3.05, 3.63) is 105 Å². The van der Waals surface area contributed by atoms with Crippen LogP contribution in [0.15, 0.2) is 84.1 Å². The number of urea groups is 1. The number of rotatable bonds is 11. The molecule has 8 nitrogen and oxygen atoms in total. The predicted molar refractivity (Wildman–Crippen MR) is 150 cm³/mol. The standard InChI is InChI=1S/C29H27Cl2N3O5/c1-18-26(28(36)37)27(20-4-2-5-22(31)16-20)34(29(38)33-18)15-3-14-32-17-25(35)19-6-10-23(11-7-19)39-24-12-8-21(30)9-13-24/h2,4-13,16,27,32H,3,14-15,17H2,1H3,(H,33,38)(H,36,37). The molecule has 0 saturated heterocycles. The molecule has 0 bridgehead atoms. The summed E-state index contributed by atoms with van der Waals surface area (Å²) < 4.78 is 5.75. The number of nitrogens with one attached hydrogen (secondary N) is 2. The van der Waals surface area contributed by atoms with Crippen molar-refractivity contribution in [1.82, 2.24) is 15.5 Å². The highest BCUT2D eigenvalue weighted by atomic mass is 35.5. The van der Waals surface area contributed by atoms with Gasteiger partial charge in [-0.25, -0.2) is 9.59 Å². The van der Waals surface area contributed by atoms with Gasteiger partial charge in [0.05, 0.1) is 18.2 Å². The second kappa shape index (κ2) is 12.8. The van der Waals surface area contributed by atoms with Crippen LogP contribution >= 0.6 is 23.2 Å². The van der Waals surface area contributed by atoms with Gasteiger partial charge in [-0.05, 0) is 86.1 Å². The first-order valence-electron chi connectivity index (χ1n) is 12.3. The van der Waals surface area contributed by atoms with Crippen LogP contribution in [0.2, 0.25) is 10.0 Å². The van der Waals surface area contributed by atoms with Crippen LogP contribution in [0.5, 0.6) is 11.5 Å². The van der Waals surface area contributed by atoms with Gasteiger partial charge >= 0.3 is 12.0 Å². The number of allylic oxidation sites excluding steroid dienone is 1. The molecule has 0 spiro atoms. The molecule has 4 rings (SSSR count). The van der Waals surface area contributed by atoms with Gasteiger partial charge < -0.3 is 25.4 Å². The summed E-state index contributed by atoms with van der Waals surface area (Å²) in [5, 5.41) is 16.7. The lowest BCUT2D eigenvalue weighted by Gasteiger charge is -2.37. The fraction of sp³-hybridized carbons (Fsp3) is 0.207. The fourth-order valence-corrected chi connectivity index (χ4v) is 4.66. The topological polar surface area (TPSA) is 108 Å². The Morgan fingerprint density at radius 3 is 2.31 bits per heavy atom. The van der Waals surface area contributed by atoms with Crippen LogP contribution < -0.4 is 15.4 Å². The van der Waals surface area contributed by atoms with Crippen LogP contribution in [0.3, 0.4) is 0 Å². The molecule has 3 aromatic rings. The number of aliphatic carboxylic acids is 1. The highest BCUT2D eigenvalue weighted by molar-refractivity contribution is 6.30. The van der Waals surface area contributed by atoms with E-state index in [1.54, 1.807) is 79.7 Å². The summed E-state index contributed by atoms with van der Waals surface area (Å²) in [5.41, 5.74) is 1.53. The number of hydrogen-bond acceptors (Lipinski definition) is 5. The van der Waals surface area contributed by atoms with Crippen molar-refractivity contribution in [2.45, 2.75) is 19.4 Å². The average molecular weight is 568 g/mol. The van der Waals surface area contributed by atoms with E-state index in [1.807, 2.05) is 0 Å². The van der Waals surface area contributed by atoms with Crippen LogP contribution in [-0.4, -0.2) is 47.4 Å². The molecule has 1 atom stereocenters. The maximum absolute atomic E-state index is 12.8. The third kappa shape index (κ3) is 7.17. The van der Waals surface area contributed by atoms with Crippen LogP contribution in [0.4, 0.5) is 4.79 Å². The summed E-state index contributed by atoms with van der Waals surface area (Å²) >= 11 is 12.0. The van der Waals surface area contributed by atoms with Gasteiger partial charge in [-0.2, -0.15) is 0 Å². The van der Waals surface area contributed by atoms with Crippen molar-refractivity contribution < 1.29 is 24.2 Å². The van der Waals surface area contributed by atoms with Gasteiger partial charge in [0, 0.05) is 27.9 Å². The predicted octanol–water partition coefficient (Wildman–Crippen LogP) is 6.07. The zero-order chi connectivity index (χ0) is 27.9. The van der Waals surface area contributed by atoms with E-state index < -0.39 is 12.0 Å². The number of nitrogens with zero attached hydrogens (tertiary/aromatic N) is 1. The summed E-state index contributed by atoms with van der Waals surface area (Å²) in [4.78, 5) is 39.0. The SMILES string of the molecule is CC1=C(C(=O)O)C(c2cccc(Cl)c2)N(CCCNCC(=O)c2ccc(Oc3ccc(Cl)cc3)cc2)C(=O)N1. The molecule has 10 heteroatoms. The minimum absolute atomic E-state index is 0.0866. The van der Waals surface area contributed by atoms with Crippen molar-refractivity contribution in [3.8, 4) is 11.5 Å². The Morgan fingerprint density at radius 1 is 1.00 bits per heavy atom. The largest absolute Gasteiger partial charge is 0.478 e. The number of halogens is 2. The third-order valence-corrected chi connectivity index (χ3v) is 6.69. The quantitative estimate of drug-likeness (QED) is 0.191. The van der Waals surface area contributed by atoms with Crippen molar-refractivity contribution in [1.29, 1.82) is 0 Å². The molecule has 2 amide bonds. The second-order valence-electron chi connectivity index (χ2n) is 8.96. The number of Topliss-reactive ketones (excluding diaryl/α,β-unsaturated/α-hetero) is 1. The van der Waals surface area contributed by atoms with Crippen molar-refractivity contribution in [3.63, 3.8) is 0 Å². The van der Waals surface area contributed by atoms with Crippen molar-refractivity contribution in [2.24, 2.45) is 0 Å². The molecule has 0 radical (unpaired) electrons. The molecular weight excluding hydrogens is 541 g/mol. The van der Waals surface area contributed by atoms with E-state index in [1.165, 1.54) is 4.90 Å². The number of ketones is 1. The molecule has 0 fully saturated rings. The van der Waals surface area contributed by atoms with E-state index in [2.05, 4.69) is 10.6 Å². The van der Waals surface area contributed by atoms with Gasteiger partial charge in [-0.3, -0.25) is 4.79 Å². The molecule has 1 heterocycles. The summed E-state index contributed by atoms with van der Waals surface area (Å²) in [6.45, 7) is 2.39. The molecule has 1 aliphatic rings. The maximum atomic E-state index is 12.8. The van der Waals surface area contributed by atoms with E-state index in [-0.39, 0.29) is 30.5 Å². The number of ether oxygens (including phenoxy) is 1. The molecule has 3 aromatic carbocycles. The van der Waals surface area contributed by atoms with E-state index in [0.717, 1.165) is 0 Å². The Morgan fingerprint density at radius 2 is 1.67 bits per heavy atom. The van der Waals surface area contributed by atoms with E-state index in [0.29, 0.717) is 51.3 Å². The monoisotopic (exact) mass is 567 g/mol. The number of carboxylic acid groups (broad SMARTS) is 1. The molecule has 0 aromatic heterocycles. The van der Waals surface area contributed by atoms with Gasteiger partial charge in [-0.15, -0.1) is 0 Å². The lowest BCUT2D eigenvalue weighted by molar-refractivity contribution is -0.133. The average Bonchev–Trinajstić information content (AvgIpc) is 2.90. The van der Waals surface area contributed by atoms with Gasteiger partial charge in [-0.1, -0.05) is 35.3 Å². The summed E-state index contributed by atoms with van der Waals surface area (Å²) in [5.74, 6) is 0.0326. The van der Waals surface area contributed by atoms with Crippen LogP contribution in [-0.2, 0) is 4.79 Å². The number of amides is 2. The molecule has 0 saturated carbocycles. The zero-order valence-electron chi connectivity index (χ0n) is 21.1. The highest BCUT2D eigenvalue weighted by Crippen LogP contribution is 2.34. The molecule has 3 N–H and O–H groups in total. The van der Waals surface area contributed by atoms with Gasteiger partial charge in [0.1, 0.15) is 11.5 Å². The van der Waals surface area contributed by atoms with Gasteiger partial charge in [0.25, 0.3) is 0 Å². The number of hydrogen-bond donors (Lipinski definition) is 3. The van der Waals surface area contributed by atoms with Gasteiger partial charge in [0.2, 0.25) is 0 Å². The maximum Gasteiger partial charge on any atom is 0.335 e. The first kappa shape index (κ1) is 28.2. The lowest BCUT2D eigenvalue weighted by Crippen LogP contribution is -2.49. The summed E-state index contributed by atoms with van der Waals surface area (Å²) in [6.07, 6.45) is 0.498. The van der Waals surface area contributed by atoms with Gasteiger partial charge in [0.15, 0.2) is 5.78 Å². The van der Waals surface area contributed by atoms with E-state index in [9.17, 15) is 19.5 Å². The Hall–Kier alpha value is -3.85. The smallest absolute Gasteiger partial charge is 0.335 e. The van der Waals surface area contributed by atoms with Crippen LogP contribution in [0.25, 0.3) is 0 Å². The Kier molecular flexibility index (Phi) is 9.24. The summed E-state index contributed by atoms with van der Waals surface area (Å²) in [7, 11) is 0. The number of benzene rings is 3. The molecule has 39 heavy (non-hydrogen) atoms. The number of carboxylic acids is 1. The van der Waals surface area contributed by atoms with Crippen LogP contribution in [0.1, 0.15) is 35.3 Å². The fourth-order valence-electron chi connectivity index (χ4n) is 4.33. The zero-order valence-corrected chi connectivity index (χ0v) is 22.6. The third-order valence-electron chi connectivity index (χ3n) is 6.20. The Labute approximate surface area is 236 Å². The number of carbonyl (C=O) groups is 3. The van der Waals surface area contributed by atoms with E-state index in [4.69, 9.17) is 27.9 Å². The van der Waals surface area contributed by atoms with E-state index >= 15 is 0 Å². The minimum Gasteiger partial charge on any atom is -0.478 e. The molecule has 0 aliphatic carbocycles. The normalized spacial score (nSPS) is 15.2. The number of carbonyl (C=O) groups excluding carboxylic acids is 2. The van der Waals surface area contributed by atoms with Crippen molar-refractivity contribution in [2.75, 3.05) is 19.6 Å². The first-order chi connectivity index (χ1) is 18.7. The minimum atomic E-state index is -1.12. The highest BCUT2D eigenvalue weighted by Gasteiger charge is 2.37. The Balaban J connectivity index is 1.31. The van der Waals surface area contributed by atoms with Crippen molar-refractivity contribution >= 4 is 41.0 Å². The summed E-state index contributed by atoms with van der Waals surface area (Å²) in [6, 6.07) is 19.5. The lowest BCUT2D eigenvalue weighted by atomic mass is 9.93. The van der Waals surface area contributed by atoms with Crippen LogP contribution in [0, 0.1) is 0 Å². The first-order valence-corrected chi connectivity index (χ1v) is 13.0. The molecular formula is C29H27Cl2N3O5. The Bertz CT molecular complexity index is 1390. The molecule has 1 aliphatic heterocycles. The molecule has 1 unspecified atom stereocenters. The molecule has 202 valence electrons. The second-order valence-corrected chi connectivity index (χ2v) is 9.83.